The van der Waals surface area contributed by atoms with E-state index in [9.17, 15) is 4.79 Å². The third-order valence-corrected chi connectivity index (χ3v) is 4.06. The highest BCUT2D eigenvalue weighted by Gasteiger charge is 2.14. The SMILES string of the molecule is O=C(CCc1cccs1)N1CCCCCC1. The Morgan fingerprint density at radius 3 is 2.62 bits per heavy atom. The molecule has 0 aromatic carbocycles. The zero-order valence-corrected chi connectivity index (χ0v) is 10.5. The largest absolute Gasteiger partial charge is 0.343 e. The van der Waals surface area contributed by atoms with Crippen molar-refractivity contribution in [1.82, 2.24) is 4.90 Å². The highest BCUT2D eigenvalue weighted by Crippen LogP contribution is 2.14. The second-order valence-electron chi connectivity index (χ2n) is 4.37. The van der Waals surface area contributed by atoms with Crippen LogP contribution in [0, 0.1) is 0 Å². The number of carbonyl (C=O) groups excluding carboxylic acids is 1. The van der Waals surface area contributed by atoms with E-state index in [1.807, 2.05) is 0 Å². The second-order valence-corrected chi connectivity index (χ2v) is 5.41. The van der Waals surface area contributed by atoms with Crippen LogP contribution in [0.3, 0.4) is 0 Å². The highest BCUT2D eigenvalue weighted by atomic mass is 32.1. The molecule has 2 heterocycles. The first kappa shape index (κ1) is 11.6. The van der Waals surface area contributed by atoms with E-state index in [0.29, 0.717) is 12.3 Å². The zero-order chi connectivity index (χ0) is 11.2. The fraction of sp³-hybridized carbons (Fsp3) is 0.615. The van der Waals surface area contributed by atoms with Gasteiger partial charge in [-0.3, -0.25) is 4.79 Å². The molecule has 3 heteroatoms. The Labute approximate surface area is 101 Å². The maximum atomic E-state index is 12.0. The number of amides is 1. The van der Waals surface area contributed by atoms with Crippen molar-refractivity contribution in [2.75, 3.05) is 13.1 Å². The van der Waals surface area contributed by atoms with Crippen LogP contribution in [0.2, 0.25) is 0 Å². The van der Waals surface area contributed by atoms with Crippen LogP contribution in [0.25, 0.3) is 0 Å². The van der Waals surface area contributed by atoms with E-state index < -0.39 is 0 Å². The Morgan fingerprint density at radius 2 is 2.00 bits per heavy atom. The van der Waals surface area contributed by atoms with Crippen molar-refractivity contribution < 1.29 is 4.79 Å². The summed E-state index contributed by atoms with van der Waals surface area (Å²) in [6.07, 6.45) is 6.53. The molecule has 1 aromatic heterocycles. The number of hydrogen-bond acceptors (Lipinski definition) is 2. The topological polar surface area (TPSA) is 20.3 Å². The third kappa shape index (κ3) is 3.34. The predicted molar refractivity (Wildman–Crippen MR) is 67.7 cm³/mol. The lowest BCUT2D eigenvalue weighted by Gasteiger charge is -2.19. The van der Waals surface area contributed by atoms with Crippen molar-refractivity contribution >= 4 is 17.2 Å². The highest BCUT2D eigenvalue weighted by molar-refractivity contribution is 7.09. The first-order valence-electron chi connectivity index (χ1n) is 6.16. The van der Waals surface area contributed by atoms with Gasteiger partial charge < -0.3 is 4.90 Å². The van der Waals surface area contributed by atoms with Gasteiger partial charge >= 0.3 is 0 Å². The molecule has 1 aliphatic rings. The first-order chi connectivity index (χ1) is 7.86. The van der Waals surface area contributed by atoms with Gasteiger partial charge in [0.25, 0.3) is 0 Å². The number of nitrogens with zero attached hydrogens (tertiary/aromatic N) is 1. The van der Waals surface area contributed by atoms with E-state index in [1.54, 1.807) is 11.3 Å². The van der Waals surface area contributed by atoms with Crippen LogP contribution in [0.5, 0.6) is 0 Å². The smallest absolute Gasteiger partial charge is 0.222 e. The van der Waals surface area contributed by atoms with Gasteiger partial charge in [-0.15, -0.1) is 11.3 Å². The zero-order valence-electron chi connectivity index (χ0n) is 9.65. The van der Waals surface area contributed by atoms with E-state index in [0.717, 1.165) is 19.5 Å². The number of thiophene rings is 1. The standard InChI is InChI=1S/C13H19NOS/c15-13(8-7-12-6-5-11-16-12)14-9-3-1-2-4-10-14/h5-6,11H,1-4,7-10H2. The minimum atomic E-state index is 0.343. The maximum absolute atomic E-state index is 12.0. The van der Waals surface area contributed by atoms with Gasteiger partial charge in [0.2, 0.25) is 5.91 Å². The molecule has 1 fully saturated rings. The summed E-state index contributed by atoms with van der Waals surface area (Å²) in [5.41, 5.74) is 0. The van der Waals surface area contributed by atoms with Gasteiger partial charge in [0.1, 0.15) is 0 Å². The number of aryl methyl sites for hydroxylation is 1. The fourth-order valence-corrected chi connectivity index (χ4v) is 2.87. The third-order valence-electron chi connectivity index (χ3n) is 3.12. The van der Waals surface area contributed by atoms with Gasteiger partial charge in [0, 0.05) is 24.4 Å². The molecule has 1 saturated heterocycles. The van der Waals surface area contributed by atoms with Crippen molar-refractivity contribution in [3.05, 3.63) is 22.4 Å². The second kappa shape index (κ2) is 6.04. The minimum Gasteiger partial charge on any atom is -0.343 e. The fourth-order valence-electron chi connectivity index (χ4n) is 2.16. The summed E-state index contributed by atoms with van der Waals surface area (Å²) in [6, 6.07) is 4.16. The quantitative estimate of drug-likeness (QED) is 0.791. The molecule has 1 amide bonds. The lowest BCUT2D eigenvalue weighted by molar-refractivity contribution is -0.131. The van der Waals surface area contributed by atoms with E-state index in [-0.39, 0.29) is 0 Å². The Kier molecular flexibility index (Phi) is 4.40. The van der Waals surface area contributed by atoms with Crippen LogP contribution >= 0.6 is 11.3 Å². The van der Waals surface area contributed by atoms with Crippen molar-refractivity contribution in [3.63, 3.8) is 0 Å². The van der Waals surface area contributed by atoms with E-state index in [2.05, 4.69) is 22.4 Å². The van der Waals surface area contributed by atoms with Crippen LogP contribution in [0.4, 0.5) is 0 Å². The van der Waals surface area contributed by atoms with E-state index in [1.165, 1.54) is 30.6 Å². The van der Waals surface area contributed by atoms with Gasteiger partial charge in [-0.05, 0) is 30.7 Å². The Balaban J connectivity index is 1.78. The molecule has 2 rings (SSSR count). The molecule has 88 valence electrons. The average Bonchev–Trinajstić information content (AvgIpc) is 2.66. The van der Waals surface area contributed by atoms with Crippen molar-refractivity contribution in [1.29, 1.82) is 0 Å². The lowest BCUT2D eigenvalue weighted by atomic mass is 10.2. The summed E-state index contributed by atoms with van der Waals surface area (Å²) in [7, 11) is 0. The van der Waals surface area contributed by atoms with Gasteiger partial charge in [0.15, 0.2) is 0 Å². The molecular weight excluding hydrogens is 218 g/mol. The normalized spacial score (nSPS) is 17.1. The van der Waals surface area contributed by atoms with Crippen LogP contribution in [-0.2, 0) is 11.2 Å². The molecule has 0 saturated carbocycles. The number of carbonyl (C=O) groups is 1. The molecule has 0 unspecified atom stereocenters. The summed E-state index contributed by atoms with van der Waals surface area (Å²) in [6.45, 7) is 1.95. The van der Waals surface area contributed by atoms with Gasteiger partial charge in [-0.1, -0.05) is 18.9 Å². The molecule has 2 nitrogen and oxygen atoms in total. The molecule has 1 aliphatic heterocycles. The first-order valence-corrected chi connectivity index (χ1v) is 7.04. The average molecular weight is 237 g/mol. The van der Waals surface area contributed by atoms with Crippen molar-refractivity contribution in [2.24, 2.45) is 0 Å². The molecule has 0 bridgehead atoms. The van der Waals surface area contributed by atoms with Crippen molar-refractivity contribution in [2.45, 2.75) is 38.5 Å². The Hall–Kier alpha value is -0.830. The van der Waals surface area contributed by atoms with E-state index >= 15 is 0 Å². The van der Waals surface area contributed by atoms with Gasteiger partial charge in [0.05, 0.1) is 0 Å². The monoisotopic (exact) mass is 237 g/mol. The maximum Gasteiger partial charge on any atom is 0.222 e. The van der Waals surface area contributed by atoms with Gasteiger partial charge in [-0.25, -0.2) is 0 Å². The van der Waals surface area contributed by atoms with Gasteiger partial charge in [-0.2, -0.15) is 0 Å². The summed E-state index contributed by atoms with van der Waals surface area (Å²) in [4.78, 5) is 15.4. The number of hydrogen-bond donors (Lipinski definition) is 0. The summed E-state index contributed by atoms with van der Waals surface area (Å²) in [5, 5.41) is 2.08. The van der Waals surface area contributed by atoms with Crippen LogP contribution in [0.1, 0.15) is 37.0 Å². The summed E-state index contributed by atoms with van der Waals surface area (Å²) >= 11 is 1.74. The molecule has 1 aromatic rings. The van der Waals surface area contributed by atoms with Crippen molar-refractivity contribution in [3.8, 4) is 0 Å². The number of likely N-dealkylation sites (tertiary alicyclic amines) is 1. The number of rotatable bonds is 3. The molecule has 0 N–H and O–H groups in total. The predicted octanol–water partition coefficient (Wildman–Crippen LogP) is 3.08. The Bertz CT molecular complexity index is 313. The van der Waals surface area contributed by atoms with Crippen LogP contribution in [-0.4, -0.2) is 23.9 Å². The molecular formula is C13H19NOS. The molecule has 0 radical (unpaired) electrons. The summed E-state index contributed by atoms with van der Waals surface area (Å²) < 4.78 is 0. The molecule has 0 atom stereocenters. The molecule has 16 heavy (non-hydrogen) atoms. The Morgan fingerprint density at radius 1 is 1.25 bits per heavy atom. The van der Waals surface area contributed by atoms with Crippen LogP contribution in [0.15, 0.2) is 17.5 Å². The molecule has 0 aliphatic carbocycles. The minimum absolute atomic E-state index is 0.343. The van der Waals surface area contributed by atoms with E-state index in [4.69, 9.17) is 0 Å². The lowest BCUT2D eigenvalue weighted by Crippen LogP contribution is -2.31. The summed E-state index contributed by atoms with van der Waals surface area (Å²) in [5.74, 6) is 0.343. The van der Waals surface area contributed by atoms with Crippen LogP contribution < -0.4 is 0 Å². The molecule has 0 spiro atoms.